The minimum Gasteiger partial charge on any atom is -0.738 e. The Balaban J connectivity index is 2.09. The lowest BCUT2D eigenvalue weighted by atomic mass is 9.92. The van der Waals surface area contributed by atoms with Crippen LogP contribution >= 0.6 is 0 Å². The van der Waals surface area contributed by atoms with Crippen molar-refractivity contribution in [2.45, 2.75) is 12.8 Å². The predicted octanol–water partition coefficient (Wildman–Crippen LogP) is 2.36. The van der Waals surface area contributed by atoms with Crippen LogP contribution in [0.5, 0.6) is 0 Å². The third-order valence-corrected chi connectivity index (χ3v) is 4.75. The molecule has 0 fully saturated rings. The van der Waals surface area contributed by atoms with Gasteiger partial charge in [-0.3, -0.25) is 14.5 Å². The molecular weight excluding hydrogens is 431 g/mol. The highest BCUT2D eigenvalue weighted by Gasteiger charge is 2.34. The number of nitrogens with zero attached hydrogens (tertiary/aromatic N) is 2. The van der Waals surface area contributed by atoms with Gasteiger partial charge in [0.2, 0.25) is 0 Å². The fourth-order valence-corrected chi connectivity index (χ4v) is 2.78. The normalized spacial score (nSPS) is 12.9. The minimum absolute atomic E-state index is 0.330. The molecule has 0 radical (unpaired) electrons. The van der Waals surface area contributed by atoms with Gasteiger partial charge in [0, 0.05) is 5.56 Å². The van der Waals surface area contributed by atoms with Crippen LogP contribution < -0.4 is 0 Å². The zero-order chi connectivity index (χ0) is 23.7. The average molecular weight is 454 g/mol. The van der Waals surface area contributed by atoms with E-state index < -0.39 is 60.3 Å². The number of rotatable bonds is 12. The molecule has 32 heavy (non-hydrogen) atoms. The first-order chi connectivity index (χ1) is 15.2. The van der Waals surface area contributed by atoms with Crippen LogP contribution in [-0.4, -0.2) is 58.7 Å². The second kappa shape index (κ2) is 11.9. The van der Waals surface area contributed by atoms with E-state index in [0.717, 1.165) is 0 Å². The van der Waals surface area contributed by atoms with Crippen molar-refractivity contribution in [2.75, 3.05) is 26.4 Å². The number of hydrogen-bond acceptors (Lipinski definition) is 11. The number of esters is 1. The molecule has 0 unspecified atom stereocenters. The molecule has 0 bridgehead atoms. The Hall–Kier alpha value is -2.52. The van der Waals surface area contributed by atoms with Crippen molar-refractivity contribution in [3.05, 3.63) is 70.3 Å². The second-order valence-corrected chi connectivity index (χ2v) is 7.12. The number of halogens is 1. The van der Waals surface area contributed by atoms with Gasteiger partial charge < -0.3 is 30.7 Å². The highest BCUT2D eigenvalue weighted by Crippen LogP contribution is 2.27. The van der Waals surface area contributed by atoms with Crippen LogP contribution in [0.3, 0.4) is 0 Å². The summed E-state index contributed by atoms with van der Waals surface area (Å²) in [6, 6.07) is 13.2. The van der Waals surface area contributed by atoms with E-state index in [2.05, 4.69) is 9.68 Å². The number of ether oxygens (including phenoxy) is 1. The topological polar surface area (TPSA) is 158 Å². The van der Waals surface area contributed by atoms with E-state index in [9.17, 15) is 24.7 Å². The van der Waals surface area contributed by atoms with Crippen LogP contribution in [0.25, 0.3) is 11.1 Å². The minimum atomic E-state index is -1.67. The average Bonchev–Trinajstić information content (AvgIpc) is 2.78. The van der Waals surface area contributed by atoms with Crippen molar-refractivity contribution in [1.82, 2.24) is 10.8 Å². The van der Waals surface area contributed by atoms with Crippen LogP contribution in [0.2, 0.25) is 0 Å². The largest absolute Gasteiger partial charge is 0.738 e. The molecule has 0 heterocycles. The fraction of sp³-hybridized carbons (Fsp3) is 0.350. The zero-order valence-electron chi connectivity index (χ0n) is 17.1. The summed E-state index contributed by atoms with van der Waals surface area (Å²) in [5.74, 6) is -2.24. The van der Waals surface area contributed by atoms with Crippen LogP contribution in [0.1, 0.15) is 18.4 Å². The van der Waals surface area contributed by atoms with Crippen molar-refractivity contribution in [3.63, 3.8) is 0 Å². The molecule has 0 amide bonds. The van der Waals surface area contributed by atoms with Gasteiger partial charge in [0.05, 0.1) is 31.2 Å². The van der Waals surface area contributed by atoms with Gasteiger partial charge in [-0.05, 0) is 24.1 Å². The van der Waals surface area contributed by atoms with Gasteiger partial charge in [0.1, 0.15) is 12.4 Å². The molecule has 0 spiro atoms. The van der Waals surface area contributed by atoms with Crippen LogP contribution in [-0.2, 0) is 19.2 Å². The van der Waals surface area contributed by atoms with E-state index >= 15 is 0 Å². The molecule has 2 rings (SSSR count). The maximum Gasteiger partial charge on any atom is 0.313 e. The Morgan fingerprint density at radius 3 is 2.16 bits per heavy atom. The number of hydrogen-bond donors (Lipinski definition) is 3. The van der Waals surface area contributed by atoms with Crippen molar-refractivity contribution in [1.29, 1.82) is 0 Å². The van der Waals surface area contributed by atoms with Crippen LogP contribution in [0, 0.1) is 21.6 Å². The smallest absolute Gasteiger partial charge is 0.313 e. The van der Waals surface area contributed by atoms with E-state index in [1.54, 1.807) is 36.4 Å². The van der Waals surface area contributed by atoms with E-state index in [-0.39, 0.29) is 0 Å². The Labute approximate surface area is 182 Å². The Bertz CT molecular complexity index is 855. The lowest BCUT2D eigenvalue weighted by molar-refractivity contribution is -0.345. The van der Waals surface area contributed by atoms with E-state index in [4.69, 9.17) is 15.2 Å². The highest BCUT2D eigenvalue weighted by atomic mass is 19.1. The SMILES string of the molecule is C[C@@H](C(=O)OCC(CO)(CON([O-])O)CON([O-])O)c1ccc(-c2ccccc2)c(F)c1. The summed E-state index contributed by atoms with van der Waals surface area (Å²) in [4.78, 5) is 21.2. The van der Waals surface area contributed by atoms with Crippen molar-refractivity contribution < 1.29 is 39.1 Å². The molecule has 11 nitrogen and oxygen atoms in total. The van der Waals surface area contributed by atoms with Crippen LogP contribution in [0.4, 0.5) is 4.39 Å². The van der Waals surface area contributed by atoms with Gasteiger partial charge in [-0.2, -0.15) is 0 Å². The van der Waals surface area contributed by atoms with E-state index in [1.165, 1.54) is 19.1 Å². The first-order valence-corrected chi connectivity index (χ1v) is 9.38. The Kier molecular flexibility index (Phi) is 9.59. The third-order valence-electron chi connectivity index (χ3n) is 4.75. The first-order valence-electron chi connectivity index (χ1n) is 9.38. The molecular formula is C20H23FN2O9-2. The van der Waals surface area contributed by atoms with Gasteiger partial charge in [-0.25, -0.2) is 4.39 Å². The summed E-state index contributed by atoms with van der Waals surface area (Å²) in [6.45, 7) is -1.39. The van der Waals surface area contributed by atoms with Gasteiger partial charge in [0.25, 0.3) is 0 Å². The van der Waals surface area contributed by atoms with Crippen molar-refractivity contribution in [3.8, 4) is 11.1 Å². The molecule has 2 aromatic rings. The molecule has 12 heteroatoms. The lowest BCUT2D eigenvalue weighted by Gasteiger charge is -2.34. The summed E-state index contributed by atoms with van der Waals surface area (Å²) in [7, 11) is 0. The van der Waals surface area contributed by atoms with Crippen LogP contribution in [0.15, 0.2) is 48.5 Å². The maximum atomic E-state index is 14.6. The summed E-state index contributed by atoms with van der Waals surface area (Å²) in [5, 5.41) is 46.3. The summed E-state index contributed by atoms with van der Waals surface area (Å²) >= 11 is 0. The number of aliphatic hydroxyl groups excluding tert-OH is 1. The second-order valence-electron chi connectivity index (χ2n) is 7.12. The molecule has 0 saturated heterocycles. The van der Waals surface area contributed by atoms with Crippen molar-refractivity contribution >= 4 is 5.97 Å². The lowest BCUT2D eigenvalue weighted by Crippen LogP contribution is -2.44. The number of carbonyl (C=O) groups is 1. The zero-order valence-corrected chi connectivity index (χ0v) is 17.1. The molecule has 176 valence electrons. The Morgan fingerprint density at radius 1 is 1.06 bits per heavy atom. The number of aliphatic hydroxyl groups is 1. The predicted molar refractivity (Wildman–Crippen MR) is 107 cm³/mol. The van der Waals surface area contributed by atoms with E-state index in [0.29, 0.717) is 16.7 Å². The summed E-state index contributed by atoms with van der Waals surface area (Å²) in [6.07, 6.45) is 0. The first kappa shape index (κ1) is 25.7. The molecule has 1 atom stereocenters. The number of carbonyl (C=O) groups excluding carboxylic acids is 1. The number of benzene rings is 2. The van der Waals surface area contributed by atoms with Gasteiger partial charge >= 0.3 is 5.97 Å². The molecule has 0 saturated carbocycles. The van der Waals surface area contributed by atoms with Crippen molar-refractivity contribution in [2.24, 2.45) is 5.41 Å². The van der Waals surface area contributed by atoms with Gasteiger partial charge in [-0.1, -0.05) is 42.5 Å². The standard InChI is InChI=1S/C20H23FN2O9/c1-14(16-7-8-17(18(21)9-16)15-5-3-2-4-6-15)19(25)30-11-20(10-24,12-31-22(26)27)13-32-23(28)29/h2-9,14,24,26,28H,10-13H2,1H3/q-2/t14-/m1/s1. The molecule has 0 aliphatic heterocycles. The molecule has 0 aromatic heterocycles. The molecule has 2 aromatic carbocycles. The highest BCUT2D eigenvalue weighted by molar-refractivity contribution is 5.78. The van der Waals surface area contributed by atoms with Gasteiger partial charge in [0.15, 0.2) is 0 Å². The molecule has 3 N–H and O–H groups in total. The Morgan fingerprint density at radius 2 is 1.66 bits per heavy atom. The van der Waals surface area contributed by atoms with Gasteiger partial charge in [-0.15, -0.1) is 10.8 Å². The fourth-order valence-electron chi connectivity index (χ4n) is 2.78. The maximum absolute atomic E-state index is 14.6. The summed E-state index contributed by atoms with van der Waals surface area (Å²) < 4.78 is 19.8. The monoisotopic (exact) mass is 454 g/mol. The van der Waals surface area contributed by atoms with E-state index in [1.807, 2.05) is 0 Å². The molecule has 0 aliphatic rings. The summed E-state index contributed by atoms with van der Waals surface area (Å²) in [5.41, 5.74) is -0.307. The third kappa shape index (κ3) is 7.27. The quantitative estimate of drug-likeness (QED) is 0.319. The molecule has 0 aliphatic carbocycles.